The van der Waals surface area contributed by atoms with E-state index in [4.69, 9.17) is 4.74 Å². The van der Waals surface area contributed by atoms with Crippen LogP contribution in [-0.2, 0) is 14.3 Å². The van der Waals surface area contributed by atoms with Gasteiger partial charge >= 0.3 is 5.97 Å². The lowest BCUT2D eigenvalue weighted by atomic mass is 9.95. The molecule has 0 spiro atoms. The monoisotopic (exact) mass is 222 g/mol. The van der Waals surface area contributed by atoms with Crippen molar-refractivity contribution in [1.82, 2.24) is 0 Å². The molecule has 3 heteroatoms. The van der Waals surface area contributed by atoms with Crippen LogP contribution in [0.2, 0.25) is 0 Å². The van der Waals surface area contributed by atoms with E-state index in [-0.39, 0.29) is 17.7 Å². The number of esters is 1. The van der Waals surface area contributed by atoms with Gasteiger partial charge in [0.15, 0.2) is 5.78 Å². The highest BCUT2D eigenvalue weighted by Crippen LogP contribution is 2.16. The molecule has 0 fully saturated rings. The van der Waals surface area contributed by atoms with Gasteiger partial charge in [-0.2, -0.15) is 0 Å². The summed E-state index contributed by atoms with van der Waals surface area (Å²) in [5.41, 5.74) is -0.459. The molecular formula is C13H18O3. The van der Waals surface area contributed by atoms with E-state index in [0.29, 0.717) is 6.42 Å². The molecule has 0 N–H and O–H groups in total. The summed E-state index contributed by atoms with van der Waals surface area (Å²) in [6, 6.07) is 0. The first-order valence-electron chi connectivity index (χ1n) is 5.49. The first-order valence-corrected chi connectivity index (χ1v) is 5.49. The van der Waals surface area contributed by atoms with Gasteiger partial charge in [0.2, 0.25) is 0 Å². The Balaban J connectivity index is 2.45. The zero-order valence-electron chi connectivity index (χ0n) is 10.0. The van der Waals surface area contributed by atoms with Crippen molar-refractivity contribution in [3.63, 3.8) is 0 Å². The number of ketones is 1. The molecule has 0 aromatic carbocycles. The minimum Gasteiger partial charge on any atom is -0.457 e. The molecule has 16 heavy (non-hydrogen) atoms. The first-order chi connectivity index (χ1) is 7.37. The Morgan fingerprint density at radius 3 is 2.69 bits per heavy atom. The summed E-state index contributed by atoms with van der Waals surface area (Å²) in [7, 11) is 0. The molecule has 0 radical (unpaired) electrons. The van der Waals surface area contributed by atoms with Crippen LogP contribution < -0.4 is 0 Å². The summed E-state index contributed by atoms with van der Waals surface area (Å²) >= 11 is 0. The van der Waals surface area contributed by atoms with Crippen molar-refractivity contribution in [2.45, 2.75) is 39.2 Å². The molecule has 1 aliphatic rings. The predicted molar refractivity (Wildman–Crippen MR) is 61.9 cm³/mol. The smallest absolute Gasteiger partial charge is 0.330 e. The molecule has 0 saturated carbocycles. The molecule has 0 aromatic heterocycles. The van der Waals surface area contributed by atoms with Gasteiger partial charge in [-0.25, -0.2) is 4.79 Å². The van der Waals surface area contributed by atoms with Crippen molar-refractivity contribution in [3.05, 3.63) is 24.3 Å². The van der Waals surface area contributed by atoms with Crippen molar-refractivity contribution in [3.8, 4) is 0 Å². The summed E-state index contributed by atoms with van der Waals surface area (Å²) in [6.45, 7) is 5.49. The number of ether oxygens (including phenoxy) is 1. The van der Waals surface area contributed by atoms with Crippen LogP contribution in [0.1, 0.15) is 33.6 Å². The number of hydrogen-bond donors (Lipinski definition) is 0. The molecule has 88 valence electrons. The number of rotatable bonds is 2. The molecule has 0 bridgehead atoms. The number of hydrogen-bond acceptors (Lipinski definition) is 3. The number of carbonyl (C=O) groups is 2. The summed E-state index contributed by atoms with van der Waals surface area (Å²) in [6.07, 6.45) is 7.96. The van der Waals surface area contributed by atoms with Crippen LogP contribution in [0.5, 0.6) is 0 Å². The molecule has 1 unspecified atom stereocenters. The quantitative estimate of drug-likeness (QED) is 0.532. The molecule has 0 aromatic rings. The second-order valence-electron chi connectivity index (χ2n) is 4.92. The van der Waals surface area contributed by atoms with Crippen LogP contribution in [0.4, 0.5) is 0 Å². The van der Waals surface area contributed by atoms with Crippen LogP contribution in [-0.4, -0.2) is 17.4 Å². The Morgan fingerprint density at radius 1 is 1.50 bits per heavy atom. The van der Waals surface area contributed by atoms with Gasteiger partial charge in [-0.15, -0.1) is 0 Å². The van der Waals surface area contributed by atoms with Crippen molar-refractivity contribution >= 4 is 11.8 Å². The minimum atomic E-state index is -0.459. The van der Waals surface area contributed by atoms with Crippen molar-refractivity contribution in [1.29, 1.82) is 0 Å². The Kier molecular flexibility index (Phi) is 4.05. The molecule has 0 amide bonds. The van der Waals surface area contributed by atoms with Crippen LogP contribution in [0.3, 0.4) is 0 Å². The molecule has 0 saturated heterocycles. The van der Waals surface area contributed by atoms with Gasteiger partial charge in [-0.05, 0) is 39.2 Å². The van der Waals surface area contributed by atoms with Crippen molar-refractivity contribution in [2.24, 2.45) is 5.92 Å². The molecular weight excluding hydrogens is 204 g/mol. The fourth-order valence-electron chi connectivity index (χ4n) is 1.42. The van der Waals surface area contributed by atoms with Gasteiger partial charge in [0.25, 0.3) is 0 Å². The van der Waals surface area contributed by atoms with Crippen molar-refractivity contribution < 1.29 is 14.3 Å². The lowest BCUT2D eigenvalue weighted by molar-refractivity contribution is -0.148. The Hall–Kier alpha value is -1.38. The SMILES string of the molecule is CC(C)(C)OC(=O)C=CC1C=CC(=O)CC1. The third kappa shape index (κ3) is 4.91. The largest absolute Gasteiger partial charge is 0.457 e. The zero-order valence-corrected chi connectivity index (χ0v) is 10.0. The van der Waals surface area contributed by atoms with Gasteiger partial charge in [0.05, 0.1) is 0 Å². The van der Waals surface area contributed by atoms with E-state index in [1.54, 1.807) is 12.2 Å². The highest BCUT2D eigenvalue weighted by Gasteiger charge is 2.15. The first kappa shape index (κ1) is 12.7. The Labute approximate surface area is 96.2 Å². The maximum Gasteiger partial charge on any atom is 0.330 e. The summed E-state index contributed by atoms with van der Waals surface area (Å²) in [4.78, 5) is 22.3. The molecule has 1 rings (SSSR count). The van der Waals surface area contributed by atoms with Crippen LogP contribution >= 0.6 is 0 Å². The van der Waals surface area contributed by atoms with E-state index in [9.17, 15) is 9.59 Å². The van der Waals surface area contributed by atoms with Gasteiger partial charge in [0.1, 0.15) is 5.60 Å². The van der Waals surface area contributed by atoms with Crippen LogP contribution in [0, 0.1) is 5.92 Å². The molecule has 0 aliphatic heterocycles. The normalized spacial score (nSPS) is 21.4. The number of carbonyl (C=O) groups excluding carboxylic acids is 2. The molecule has 1 aliphatic carbocycles. The lowest BCUT2D eigenvalue weighted by Gasteiger charge is -2.18. The summed E-state index contributed by atoms with van der Waals surface area (Å²) < 4.78 is 5.13. The topological polar surface area (TPSA) is 43.4 Å². The van der Waals surface area contributed by atoms with Gasteiger partial charge in [-0.3, -0.25) is 4.79 Å². The maximum atomic E-state index is 11.4. The van der Waals surface area contributed by atoms with E-state index in [1.807, 2.05) is 26.8 Å². The highest BCUT2D eigenvalue weighted by molar-refractivity contribution is 5.90. The lowest BCUT2D eigenvalue weighted by Crippen LogP contribution is -2.22. The van der Waals surface area contributed by atoms with Crippen LogP contribution in [0.15, 0.2) is 24.3 Å². The maximum absolute atomic E-state index is 11.4. The summed E-state index contributed by atoms with van der Waals surface area (Å²) in [5, 5.41) is 0. The van der Waals surface area contributed by atoms with E-state index in [2.05, 4.69) is 0 Å². The van der Waals surface area contributed by atoms with Gasteiger partial charge < -0.3 is 4.74 Å². The van der Waals surface area contributed by atoms with E-state index >= 15 is 0 Å². The van der Waals surface area contributed by atoms with E-state index < -0.39 is 5.60 Å². The Morgan fingerprint density at radius 2 is 2.19 bits per heavy atom. The van der Waals surface area contributed by atoms with Crippen LogP contribution in [0.25, 0.3) is 0 Å². The average Bonchev–Trinajstić information content (AvgIpc) is 2.14. The van der Waals surface area contributed by atoms with Gasteiger partial charge in [0, 0.05) is 12.5 Å². The fraction of sp³-hybridized carbons (Fsp3) is 0.538. The second-order valence-corrected chi connectivity index (χ2v) is 4.92. The minimum absolute atomic E-state index is 0.155. The molecule has 0 heterocycles. The average molecular weight is 222 g/mol. The van der Waals surface area contributed by atoms with Crippen molar-refractivity contribution in [2.75, 3.05) is 0 Å². The predicted octanol–water partition coefficient (Wildman–Crippen LogP) is 2.42. The Bertz CT molecular complexity index is 332. The standard InChI is InChI=1S/C13H18O3/c1-13(2,3)16-12(15)9-6-10-4-7-11(14)8-5-10/h4,6-7,9-10H,5,8H2,1-3H3. The third-order valence-corrected chi connectivity index (χ3v) is 2.14. The zero-order chi connectivity index (χ0) is 12.2. The fourth-order valence-corrected chi connectivity index (χ4v) is 1.42. The summed E-state index contributed by atoms with van der Waals surface area (Å²) in [5.74, 6) is -0.00932. The highest BCUT2D eigenvalue weighted by atomic mass is 16.6. The molecule has 3 nitrogen and oxygen atoms in total. The second kappa shape index (κ2) is 5.10. The van der Waals surface area contributed by atoms with E-state index in [0.717, 1.165) is 6.42 Å². The van der Waals surface area contributed by atoms with E-state index in [1.165, 1.54) is 6.08 Å². The number of allylic oxidation sites excluding steroid dienone is 3. The third-order valence-electron chi connectivity index (χ3n) is 2.14. The molecule has 1 atom stereocenters. The van der Waals surface area contributed by atoms with Gasteiger partial charge in [-0.1, -0.05) is 12.2 Å².